The summed E-state index contributed by atoms with van der Waals surface area (Å²) in [7, 11) is -0.422. The molecule has 12 nitrogen and oxygen atoms in total. The van der Waals surface area contributed by atoms with E-state index in [9.17, 15) is 19.6 Å². The second-order valence-corrected chi connectivity index (χ2v) is 18.5. The fraction of sp³-hybridized carbons (Fsp3) is 0.414. The number of ether oxygens (including phenoxy) is 2. The van der Waals surface area contributed by atoms with E-state index in [1.165, 1.54) is 22.0 Å². The number of allylic oxidation sites excluding steroid dienone is 1. The van der Waals surface area contributed by atoms with Gasteiger partial charge < -0.3 is 30.2 Å². The van der Waals surface area contributed by atoms with Gasteiger partial charge in [-0.05, 0) is 41.4 Å². The van der Waals surface area contributed by atoms with Gasteiger partial charge in [0, 0.05) is 11.1 Å². The Balaban J connectivity index is 1.53. The van der Waals surface area contributed by atoms with E-state index >= 15 is 0 Å². The average molecular weight is 660 g/mol. The molecule has 0 aliphatic carbocycles. The molecule has 4 N–H and O–H groups in total. The van der Waals surface area contributed by atoms with Crippen molar-refractivity contribution in [2.45, 2.75) is 56.9 Å². The molecule has 2 aromatic rings. The number of thioether (sulfide) groups is 1. The summed E-state index contributed by atoms with van der Waals surface area (Å²) in [4.78, 5) is 45.2. The van der Waals surface area contributed by atoms with Crippen LogP contribution in [0.25, 0.3) is 0 Å². The molecule has 44 heavy (non-hydrogen) atoms. The summed E-state index contributed by atoms with van der Waals surface area (Å²) < 4.78 is 17.1. The molecule has 4 rings (SSSR count). The summed E-state index contributed by atoms with van der Waals surface area (Å²) in [6.07, 6.45) is 3.64. The van der Waals surface area contributed by atoms with Crippen molar-refractivity contribution in [3.63, 3.8) is 0 Å². The van der Waals surface area contributed by atoms with Gasteiger partial charge in [0.05, 0.1) is 13.7 Å². The Labute approximate surface area is 265 Å². The number of anilines is 1. The number of carbonyl (C=O) groups excluding carboxylic acids is 3. The Bertz CT molecular complexity index is 1500. The van der Waals surface area contributed by atoms with Gasteiger partial charge >= 0.3 is 5.97 Å². The number of nitrogens with one attached hydrogen (secondary N) is 1. The van der Waals surface area contributed by atoms with Crippen LogP contribution in [0.5, 0.6) is 5.75 Å². The molecule has 1 fully saturated rings. The van der Waals surface area contributed by atoms with Gasteiger partial charge in [-0.3, -0.25) is 14.5 Å². The number of carbonyl (C=O) groups is 3. The number of nitrogens with zero attached hydrogens (tertiary/aromatic N) is 3. The molecule has 236 valence electrons. The first kappa shape index (κ1) is 33.2. The van der Waals surface area contributed by atoms with Crippen LogP contribution in [0.1, 0.15) is 32.0 Å². The molecule has 0 saturated carbocycles. The van der Waals surface area contributed by atoms with E-state index in [1.807, 2.05) is 6.08 Å². The van der Waals surface area contributed by atoms with Crippen molar-refractivity contribution in [1.82, 2.24) is 15.2 Å². The molecule has 0 radical (unpaired) electrons. The lowest BCUT2D eigenvalue weighted by Crippen LogP contribution is -2.71. The number of rotatable bonds is 11. The molecule has 0 unspecified atom stereocenters. The normalized spacial score (nSPS) is 19.1. The quantitative estimate of drug-likeness (QED) is 0.0805. The number of esters is 1. The van der Waals surface area contributed by atoms with Crippen LogP contribution >= 0.6 is 23.1 Å². The van der Waals surface area contributed by atoms with Crippen LogP contribution in [0.3, 0.4) is 0 Å². The smallest absolute Gasteiger partial charge is 0.355 e. The number of oxime groups is 1. The van der Waals surface area contributed by atoms with Crippen LogP contribution in [0.4, 0.5) is 5.13 Å². The number of fused-ring (bicyclic) bond motifs is 1. The molecular formula is C29H37N5O7S2Si. The zero-order valence-corrected chi connectivity index (χ0v) is 28.1. The lowest BCUT2D eigenvalue weighted by Gasteiger charge is -2.49. The van der Waals surface area contributed by atoms with E-state index in [0.29, 0.717) is 23.7 Å². The van der Waals surface area contributed by atoms with Crippen molar-refractivity contribution in [1.29, 1.82) is 0 Å². The topological polar surface area (TPSA) is 166 Å². The van der Waals surface area contributed by atoms with E-state index in [0.717, 1.165) is 16.9 Å². The molecule has 1 aromatic heterocycles. The van der Waals surface area contributed by atoms with Crippen molar-refractivity contribution < 1.29 is 33.5 Å². The summed E-state index contributed by atoms with van der Waals surface area (Å²) in [6, 6.07) is 6.15. The molecule has 2 atom stereocenters. The molecule has 0 spiro atoms. The number of nitrogen functional groups attached to an aromatic ring is 1. The second kappa shape index (κ2) is 13.5. The Morgan fingerprint density at radius 3 is 2.57 bits per heavy atom. The molecule has 2 aliphatic rings. The zero-order chi connectivity index (χ0) is 32.2. The SMILES string of the molecule is COc1ccc(COC(=O)C2=C(/C=C\CO[Si](C)(C)C(C)(C)C)CS[C@@H]3[C@H](NC(=O)/C(=N\O)c4csc(N)n4)C(=O)N23)cc1. The molecule has 3 heterocycles. The lowest BCUT2D eigenvalue weighted by molar-refractivity contribution is -0.153. The maximum absolute atomic E-state index is 13.5. The Morgan fingerprint density at radius 2 is 1.98 bits per heavy atom. The van der Waals surface area contributed by atoms with Crippen LogP contribution in [0, 0.1) is 0 Å². The van der Waals surface area contributed by atoms with Crippen LogP contribution in [0.15, 0.2) is 58.2 Å². The van der Waals surface area contributed by atoms with E-state index in [1.54, 1.807) is 37.5 Å². The highest BCUT2D eigenvalue weighted by molar-refractivity contribution is 8.00. The number of amides is 2. The van der Waals surface area contributed by atoms with Crippen LogP contribution in [-0.2, 0) is 30.2 Å². The summed E-state index contributed by atoms with van der Waals surface area (Å²) in [5.41, 5.74) is 6.83. The van der Waals surface area contributed by atoms with Gasteiger partial charge in [-0.25, -0.2) is 9.78 Å². The molecule has 0 bridgehead atoms. The average Bonchev–Trinajstić information content (AvgIpc) is 3.41. The summed E-state index contributed by atoms with van der Waals surface area (Å²) in [5.74, 6) is -0.893. The first-order chi connectivity index (χ1) is 20.8. The second-order valence-electron chi connectivity index (χ2n) is 11.7. The van der Waals surface area contributed by atoms with E-state index in [4.69, 9.17) is 19.6 Å². The molecule has 1 saturated heterocycles. The number of benzene rings is 1. The predicted octanol–water partition coefficient (Wildman–Crippen LogP) is 3.89. The predicted molar refractivity (Wildman–Crippen MR) is 172 cm³/mol. The third kappa shape index (κ3) is 7.17. The minimum atomic E-state index is -1.99. The van der Waals surface area contributed by atoms with Crippen molar-refractivity contribution in [2.24, 2.45) is 5.16 Å². The van der Waals surface area contributed by atoms with E-state index < -0.39 is 37.5 Å². The Kier molecular flexibility index (Phi) is 10.2. The molecule has 15 heteroatoms. The van der Waals surface area contributed by atoms with Gasteiger partial charge in [0.2, 0.25) is 0 Å². The Morgan fingerprint density at radius 1 is 1.27 bits per heavy atom. The van der Waals surface area contributed by atoms with Gasteiger partial charge in [0.15, 0.2) is 19.2 Å². The third-order valence-electron chi connectivity index (χ3n) is 7.75. The fourth-order valence-corrected chi connectivity index (χ4v) is 6.99. The Hall–Kier alpha value is -3.66. The van der Waals surface area contributed by atoms with E-state index in [2.05, 4.69) is 49.3 Å². The lowest BCUT2D eigenvalue weighted by atomic mass is 10.0. The van der Waals surface area contributed by atoms with Gasteiger partial charge in [0.1, 0.15) is 35.2 Å². The maximum atomic E-state index is 13.5. The maximum Gasteiger partial charge on any atom is 0.355 e. The number of nitrogens with two attached hydrogens (primary N) is 1. The molecule has 2 amide bonds. The van der Waals surface area contributed by atoms with Gasteiger partial charge in [-0.1, -0.05) is 50.2 Å². The van der Waals surface area contributed by atoms with Crippen LogP contribution in [0.2, 0.25) is 18.1 Å². The monoisotopic (exact) mass is 659 g/mol. The van der Waals surface area contributed by atoms with Crippen molar-refractivity contribution >= 4 is 60.0 Å². The highest BCUT2D eigenvalue weighted by atomic mass is 32.2. The highest BCUT2D eigenvalue weighted by Crippen LogP contribution is 2.41. The largest absolute Gasteiger partial charge is 0.497 e. The number of thiazole rings is 1. The third-order valence-corrected chi connectivity index (χ3v) is 14.2. The first-order valence-electron chi connectivity index (χ1n) is 13.8. The highest BCUT2D eigenvalue weighted by Gasteiger charge is 2.54. The number of β-lactam (4-membered cyclic amide) rings is 1. The number of methoxy groups -OCH3 is 1. The number of hydrogen-bond donors (Lipinski definition) is 3. The van der Waals surface area contributed by atoms with Gasteiger partial charge in [-0.2, -0.15) is 0 Å². The van der Waals surface area contributed by atoms with Crippen molar-refractivity contribution in [3.05, 3.63) is 64.3 Å². The number of hydrogen-bond acceptors (Lipinski definition) is 12. The minimum absolute atomic E-state index is 0.00902. The van der Waals surface area contributed by atoms with Gasteiger partial charge in [-0.15, -0.1) is 23.1 Å². The first-order valence-corrected chi connectivity index (χ1v) is 18.6. The molecule has 1 aromatic carbocycles. The number of aromatic nitrogens is 1. The van der Waals surface area contributed by atoms with Crippen LogP contribution < -0.4 is 15.8 Å². The summed E-state index contributed by atoms with van der Waals surface area (Å²) >= 11 is 2.47. The van der Waals surface area contributed by atoms with Gasteiger partial charge in [0.25, 0.3) is 11.8 Å². The summed E-state index contributed by atoms with van der Waals surface area (Å²) in [6.45, 7) is 11.1. The van der Waals surface area contributed by atoms with Crippen LogP contribution in [-0.4, -0.2) is 77.8 Å². The summed E-state index contributed by atoms with van der Waals surface area (Å²) in [5, 5.41) is 16.3. The fourth-order valence-electron chi connectivity index (χ4n) is 4.18. The molecule has 2 aliphatic heterocycles. The standard InChI is InChI=1S/C29H37N5O7S2Si/c1-29(2,3)44(5,6)41-13-7-8-18-15-42-26-22(32-24(35)21(33-38)20-16-43-28(30)31-20)25(36)34(26)23(18)27(37)40-14-17-9-11-19(39-4)12-10-17/h7-12,16,22,26,38H,13-15H2,1-6H3,(H2,30,31)(H,32,35)/b8-7-,33-21-/t22-,26-/m1/s1. The minimum Gasteiger partial charge on any atom is -0.497 e. The molecular weight excluding hydrogens is 623 g/mol. The van der Waals surface area contributed by atoms with Crippen molar-refractivity contribution in [2.75, 3.05) is 25.2 Å². The van der Waals surface area contributed by atoms with E-state index in [-0.39, 0.29) is 33.9 Å². The zero-order valence-electron chi connectivity index (χ0n) is 25.4. The van der Waals surface area contributed by atoms with Crippen molar-refractivity contribution in [3.8, 4) is 5.75 Å².